The number of carbonyl (C=O) groups excluding carboxylic acids is 1. The molecule has 3 heterocycles. The van der Waals surface area contributed by atoms with Crippen LogP contribution in [0.3, 0.4) is 0 Å². The fourth-order valence-electron chi connectivity index (χ4n) is 3.78. The molecule has 1 atom stereocenters. The molecule has 0 spiro atoms. The minimum absolute atomic E-state index is 0.00193. The maximum Gasteiger partial charge on any atom is 0.263 e. The first-order valence-corrected chi connectivity index (χ1v) is 9.95. The van der Waals surface area contributed by atoms with Crippen molar-refractivity contribution in [1.29, 1.82) is 0 Å². The molecule has 1 aromatic carbocycles. The van der Waals surface area contributed by atoms with Crippen LogP contribution in [0.4, 0.5) is 10.2 Å². The molecule has 0 bridgehead atoms. The number of aromatic nitrogens is 3. The second-order valence-electron chi connectivity index (χ2n) is 7.39. The van der Waals surface area contributed by atoms with Crippen LogP contribution in [0.5, 0.6) is 0 Å². The Hall–Kier alpha value is -3.03. The summed E-state index contributed by atoms with van der Waals surface area (Å²) < 4.78 is 18.4. The normalized spacial score (nSPS) is 16.9. The number of halogens is 1. The Labute approximate surface area is 168 Å². The number of rotatable bonds is 5. The van der Waals surface area contributed by atoms with Gasteiger partial charge in [-0.1, -0.05) is 24.2 Å². The molecular formula is C21H24FN5O2. The Bertz CT molecular complexity index is 1020. The molecule has 3 aromatic rings. The highest BCUT2D eigenvalue weighted by molar-refractivity contribution is 5.89. The summed E-state index contributed by atoms with van der Waals surface area (Å²) in [6.45, 7) is 5.63. The van der Waals surface area contributed by atoms with Crippen molar-refractivity contribution in [1.82, 2.24) is 20.4 Å². The van der Waals surface area contributed by atoms with Crippen LogP contribution in [0.15, 0.2) is 28.8 Å². The Kier molecular flexibility index (Phi) is 5.42. The van der Waals surface area contributed by atoms with Gasteiger partial charge in [0.15, 0.2) is 0 Å². The molecule has 1 aliphatic heterocycles. The molecule has 0 radical (unpaired) electrons. The van der Waals surface area contributed by atoms with Gasteiger partial charge in [-0.25, -0.2) is 9.37 Å². The lowest BCUT2D eigenvalue weighted by molar-refractivity contribution is -0.125. The molecular weight excluding hydrogens is 373 g/mol. The first-order valence-electron chi connectivity index (χ1n) is 9.95. The summed E-state index contributed by atoms with van der Waals surface area (Å²) in [6, 6.07) is 6.16. The van der Waals surface area contributed by atoms with Crippen LogP contribution in [0.2, 0.25) is 0 Å². The van der Waals surface area contributed by atoms with Crippen molar-refractivity contribution in [2.75, 3.05) is 18.0 Å². The van der Waals surface area contributed by atoms with Gasteiger partial charge >= 0.3 is 0 Å². The lowest BCUT2D eigenvalue weighted by Crippen LogP contribution is -2.43. The van der Waals surface area contributed by atoms with Crippen molar-refractivity contribution >= 4 is 22.8 Å². The summed E-state index contributed by atoms with van der Waals surface area (Å²) in [5.41, 5.74) is 2.20. The SMILES string of the molecule is CCc1noc2nc(C)nc(N3CCCC(C(=O)NCc4ccc(F)cc4)C3)c12. The van der Waals surface area contributed by atoms with E-state index in [0.717, 1.165) is 48.3 Å². The lowest BCUT2D eigenvalue weighted by Gasteiger charge is -2.33. The van der Waals surface area contributed by atoms with Gasteiger partial charge < -0.3 is 14.7 Å². The number of aryl methyl sites for hydroxylation is 2. The Morgan fingerprint density at radius 1 is 1.31 bits per heavy atom. The summed E-state index contributed by atoms with van der Waals surface area (Å²) in [5, 5.41) is 7.94. The summed E-state index contributed by atoms with van der Waals surface area (Å²) >= 11 is 0. The van der Waals surface area contributed by atoms with Crippen LogP contribution in [0.25, 0.3) is 11.1 Å². The molecule has 1 aliphatic rings. The number of carbonyl (C=O) groups is 1. The molecule has 1 N–H and O–H groups in total. The van der Waals surface area contributed by atoms with Crippen LogP contribution in [-0.4, -0.2) is 34.1 Å². The highest BCUT2D eigenvalue weighted by atomic mass is 19.1. The van der Waals surface area contributed by atoms with E-state index in [1.165, 1.54) is 12.1 Å². The Morgan fingerprint density at radius 3 is 2.86 bits per heavy atom. The highest BCUT2D eigenvalue weighted by Gasteiger charge is 2.29. The fraction of sp³-hybridized carbons (Fsp3) is 0.429. The summed E-state index contributed by atoms with van der Waals surface area (Å²) in [7, 11) is 0. The van der Waals surface area contributed by atoms with Crippen molar-refractivity contribution in [3.8, 4) is 0 Å². The van der Waals surface area contributed by atoms with Crippen LogP contribution in [-0.2, 0) is 17.8 Å². The second-order valence-corrected chi connectivity index (χ2v) is 7.39. The topological polar surface area (TPSA) is 84.2 Å². The van der Waals surface area contributed by atoms with Gasteiger partial charge in [0.25, 0.3) is 5.71 Å². The molecule has 1 fully saturated rings. The lowest BCUT2D eigenvalue weighted by atomic mass is 9.96. The number of hydrogen-bond acceptors (Lipinski definition) is 6. The molecule has 1 unspecified atom stereocenters. The molecule has 0 aliphatic carbocycles. The quantitative estimate of drug-likeness (QED) is 0.712. The summed E-state index contributed by atoms with van der Waals surface area (Å²) in [5.74, 6) is 0.993. The van der Waals surface area contributed by atoms with Gasteiger partial charge in [0.1, 0.15) is 22.8 Å². The maximum atomic E-state index is 13.0. The Morgan fingerprint density at radius 2 is 2.10 bits per heavy atom. The van der Waals surface area contributed by atoms with Crippen LogP contribution in [0.1, 0.15) is 36.8 Å². The predicted molar refractivity (Wildman–Crippen MR) is 107 cm³/mol. The van der Waals surface area contributed by atoms with Gasteiger partial charge in [0.2, 0.25) is 5.91 Å². The van der Waals surface area contributed by atoms with Crippen molar-refractivity contribution in [3.05, 3.63) is 47.2 Å². The fourth-order valence-corrected chi connectivity index (χ4v) is 3.78. The van der Waals surface area contributed by atoms with Crippen LogP contribution < -0.4 is 10.2 Å². The highest BCUT2D eigenvalue weighted by Crippen LogP contribution is 2.30. The molecule has 152 valence electrons. The molecule has 8 heteroatoms. The number of hydrogen-bond donors (Lipinski definition) is 1. The standard InChI is InChI=1S/C21H24FN5O2/c1-3-17-18-19(24-13(2)25-21(18)29-26-17)27-10-4-5-15(12-27)20(28)23-11-14-6-8-16(22)9-7-14/h6-9,15H,3-5,10-12H2,1-2H3,(H,23,28). The third kappa shape index (κ3) is 4.06. The predicted octanol–water partition coefficient (Wildman–Crippen LogP) is 3.16. The number of nitrogens with zero attached hydrogens (tertiary/aromatic N) is 4. The van der Waals surface area contributed by atoms with Crippen molar-refractivity contribution < 1.29 is 13.7 Å². The maximum absolute atomic E-state index is 13.0. The van der Waals surface area contributed by atoms with Crippen LogP contribution in [0, 0.1) is 18.7 Å². The van der Waals surface area contributed by atoms with Gasteiger partial charge in [-0.2, -0.15) is 4.98 Å². The summed E-state index contributed by atoms with van der Waals surface area (Å²) in [6.07, 6.45) is 2.44. The van der Waals surface area contributed by atoms with Crippen molar-refractivity contribution in [3.63, 3.8) is 0 Å². The smallest absolute Gasteiger partial charge is 0.263 e. The van der Waals surface area contributed by atoms with Crippen molar-refractivity contribution in [2.45, 2.75) is 39.7 Å². The third-order valence-electron chi connectivity index (χ3n) is 5.31. The van der Waals surface area contributed by atoms with Gasteiger partial charge in [-0.05, 0) is 43.9 Å². The average Bonchev–Trinajstić information content (AvgIpc) is 3.15. The average molecular weight is 397 g/mol. The second kappa shape index (κ2) is 8.14. The van der Waals surface area contributed by atoms with E-state index in [2.05, 4.69) is 25.3 Å². The van der Waals surface area contributed by atoms with E-state index >= 15 is 0 Å². The van der Waals surface area contributed by atoms with Gasteiger partial charge in [0.05, 0.1) is 11.6 Å². The zero-order valence-corrected chi connectivity index (χ0v) is 16.6. The first-order chi connectivity index (χ1) is 14.0. The van der Waals surface area contributed by atoms with E-state index in [1.54, 1.807) is 12.1 Å². The zero-order valence-electron chi connectivity index (χ0n) is 16.6. The van der Waals surface area contributed by atoms with Crippen molar-refractivity contribution in [2.24, 2.45) is 5.92 Å². The molecule has 1 saturated heterocycles. The third-order valence-corrected chi connectivity index (χ3v) is 5.31. The van der Waals surface area contributed by atoms with E-state index in [4.69, 9.17) is 4.52 Å². The molecule has 4 rings (SSSR count). The largest absolute Gasteiger partial charge is 0.355 e. The van der Waals surface area contributed by atoms with E-state index in [9.17, 15) is 9.18 Å². The molecule has 0 saturated carbocycles. The van der Waals surface area contributed by atoms with E-state index in [1.807, 2.05) is 13.8 Å². The van der Waals surface area contributed by atoms with E-state index in [0.29, 0.717) is 24.6 Å². The minimum Gasteiger partial charge on any atom is -0.355 e. The van der Waals surface area contributed by atoms with E-state index < -0.39 is 0 Å². The summed E-state index contributed by atoms with van der Waals surface area (Å²) in [4.78, 5) is 23.9. The first kappa shape index (κ1) is 19.3. The number of nitrogens with one attached hydrogen (secondary N) is 1. The van der Waals surface area contributed by atoms with Crippen LogP contribution >= 0.6 is 0 Å². The molecule has 7 nitrogen and oxygen atoms in total. The molecule has 2 aromatic heterocycles. The van der Waals surface area contributed by atoms with E-state index in [-0.39, 0.29) is 17.6 Å². The molecule has 1 amide bonds. The van der Waals surface area contributed by atoms with Gasteiger partial charge in [-0.3, -0.25) is 4.79 Å². The minimum atomic E-state index is -0.283. The zero-order chi connectivity index (χ0) is 20.4. The number of fused-ring (bicyclic) bond motifs is 1. The Balaban J connectivity index is 1.49. The number of piperidine rings is 1. The number of amides is 1. The number of benzene rings is 1. The monoisotopic (exact) mass is 397 g/mol. The van der Waals surface area contributed by atoms with Gasteiger partial charge in [-0.15, -0.1) is 0 Å². The molecule has 29 heavy (non-hydrogen) atoms. The number of anilines is 1. The van der Waals surface area contributed by atoms with Gasteiger partial charge in [0, 0.05) is 19.6 Å².